The van der Waals surface area contributed by atoms with Crippen molar-refractivity contribution in [1.82, 2.24) is 0 Å². The molecule has 1 heteroatoms. The fraction of sp³-hybridized carbons (Fsp3) is 1.00. The summed E-state index contributed by atoms with van der Waals surface area (Å²) in [6, 6.07) is 0.440. The Bertz CT molecular complexity index is 151. The largest absolute Gasteiger partial charge is 0.328 e. The van der Waals surface area contributed by atoms with Gasteiger partial charge in [0, 0.05) is 6.04 Å². The van der Waals surface area contributed by atoms with E-state index in [1.54, 1.807) is 0 Å². The third-order valence-corrected chi connectivity index (χ3v) is 3.90. The van der Waals surface area contributed by atoms with Gasteiger partial charge in [-0.2, -0.15) is 0 Å². The number of rotatable bonds is 1. The van der Waals surface area contributed by atoms with Gasteiger partial charge in [0.1, 0.15) is 0 Å². The van der Waals surface area contributed by atoms with E-state index in [1.165, 1.54) is 19.3 Å². The summed E-state index contributed by atoms with van der Waals surface area (Å²) in [5.74, 6) is 0. The van der Waals surface area contributed by atoms with Gasteiger partial charge in [-0.3, -0.25) is 0 Å². The van der Waals surface area contributed by atoms with E-state index in [4.69, 9.17) is 5.73 Å². The van der Waals surface area contributed by atoms with E-state index in [2.05, 4.69) is 27.7 Å². The van der Waals surface area contributed by atoms with E-state index in [0.29, 0.717) is 16.9 Å². The van der Waals surface area contributed by atoms with Crippen molar-refractivity contribution in [3.05, 3.63) is 0 Å². The summed E-state index contributed by atoms with van der Waals surface area (Å²) in [4.78, 5) is 0. The second kappa shape index (κ2) is 2.48. The average molecular weight is 155 g/mol. The summed E-state index contributed by atoms with van der Waals surface area (Å²) in [5.41, 5.74) is 6.89. The fourth-order valence-corrected chi connectivity index (χ4v) is 2.45. The van der Waals surface area contributed by atoms with Crippen LogP contribution >= 0.6 is 0 Å². The quantitative estimate of drug-likeness (QED) is 0.618. The Balaban J connectivity index is 2.81. The van der Waals surface area contributed by atoms with Crippen LogP contribution in [0.5, 0.6) is 0 Å². The molecule has 0 aromatic carbocycles. The lowest BCUT2D eigenvalue weighted by atomic mass is 9.68. The molecule has 1 saturated carbocycles. The molecule has 2 unspecified atom stereocenters. The Morgan fingerprint density at radius 1 is 1.27 bits per heavy atom. The molecule has 1 aliphatic carbocycles. The molecular formula is C10H21N. The van der Waals surface area contributed by atoms with Crippen molar-refractivity contribution in [2.24, 2.45) is 16.6 Å². The molecule has 1 aliphatic rings. The molecule has 0 radical (unpaired) electrons. The van der Waals surface area contributed by atoms with Gasteiger partial charge < -0.3 is 5.73 Å². The predicted octanol–water partition coefficient (Wildman–Crippen LogP) is 2.55. The van der Waals surface area contributed by atoms with E-state index in [0.717, 1.165) is 0 Å². The maximum absolute atomic E-state index is 5.96. The molecule has 0 heterocycles. The third kappa shape index (κ3) is 1.31. The van der Waals surface area contributed by atoms with Crippen LogP contribution in [0.2, 0.25) is 0 Å². The molecule has 0 aromatic rings. The Morgan fingerprint density at radius 2 is 1.82 bits per heavy atom. The summed E-state index contributed by atoms with van der Waals surface area (Å²) in [6.07, 6.45) is 3.65. The Hall–Kier alpha value is -0.0400. The van der Waals surface area contributed by atoms with Crippen molar-refractivity contribution in [1.29, 1.82) is 0 Å². The van der Waals surface area contributed by atoms with Gasteiger partial charge in [0.05, 0.1) is 0 Å². The van der Waals surface area contributed by atoms with Crippen LogP contribution in [0.3, 0.4) is 0 Å². The highest BCUT2D eigenvalue weighted by Gasteiger charge is 2.46. The molecule has 1 fully saturated rings. The minimum absolute atomic E-state index is 0.440. The van der Waals surface area contributed by atoms with Crippen LogP contribution in [0.4, 0.5) is 0 Å². The van der Waals surface area contributed by atoms with Crippen molar-refractivity contribution in [3.8, 4) is 0 Å². The summed E-state index contributed by atoms with van der Waals surface area (Å²) in [6.45, 7) is 9.35. The van der Waals surface area contributed by atoms with Crippen LogP contribution in [-0.2, 0) is 0 Å². The molecule has 0 amide bonds. The van der Waals surface area contributed by atoms with Crippen molar-refractivity contribution < 1.29 is 0 Å². The van der Waals surface area contributed by atoms with E-state index >= 15 is 0 Å². The van der Waals surface area contributed by atoms with Gasteiger partial charge in [0.25, 0.3) is 0 Å². The Morgan fingerprint density at radius 3 is 2.00 bits per heavy atom. The van der Waals surface area contributed by atoms with Crippen LogP contribution in [0, 0.1) is 10.8 Å². The minimum atomic E-state index is 0.440. The van der Waals surface area contributed by atoms with Gasteiger partial charge in [0.2, 0.25) is 0 Å². The van der Waals surface area contributed by atoms with Gasteiger partial charge in [-0.1, -0.05) is 34.1 Å². The average Bonchev–Trinajstić information content (AvgIpc) is 2.03. The van der Waals surface area contributed by atoms with Gasteiger partial charge in [-0.05, 0) is 23.7 Å². The maximum atomic E-state index is 5.96. The van der Waals surface area contributed by atoms with E-state index in [1.807, 2.05) is 0 Å². The first-order valence-electron chi connectivity index (χ1n) is 4.67. The first kappa shape index (κ1) is 9.05. The lowest BCUT2D eigenvalue weighted by Crippen LogP contribution is -2.28. The molecule has 11 heavy (non-hydrogen) atoms. The van der Waals surface area contributed by atoms with Crippen LogP contribution in [0.1, 0.15) is 47.0 Å². The number of hydrogen-bond donors (Lipinski definition) is 1. The Labute approximate surface area is 70.4 Å². The van der Waals surface area contributed by atoms with E-state index in [9.17, 15) is 0 Å². The maximum Gasteiger partial charge on any atom is 0.00495 e. The Kier molecular flexibility index (Phi) is 2.04. The first-order valence-corrected chi connectivity index (χ1v) is 4.67. The second-order valence-electron chi connectivity index (χ2n) is 4.97. The van der Waals surface area contributed by atoms with Crippen molar-refractivity contribution in [3.63, 3.8) is 0 Å². The number of nitrogens with two attached hydrogens (primary N) is 1. The SMILES string of the molecule is CCC1(C)CC(N)CC1(C)C. The second-order valence-corrected chi connectivity index (χ2v) is 4.97. The minimum Gasteiger partial charge on any atom is -0.328 e. The van der Waals surface area contributed by atoms with Gasteiger partial charge in [0.15, 0.2) is 0 Å². The van der Waals surface area contributed by atoms with E-state index < -0.39 is 0 Å². The van der Waals surface area contributed by atoms with Crippen molar-refractivity contribution in [2.75, 3.05) is 0 Å². The van der Waals surface area contributed by atoms with Crippen LogP contribution in [0.15, 0.2) is 0 Å². The molecule has 0 saturated heterocycles. The van der Waals surface area contributed by atoms with E-state index in [-0.39, 0.29) is 0 Å². The summed E-state index contributed by atoms with van der Waals surface area (Å²) in [5, 5.41) is 0. The van der Waals surface area contributed by atoms with Crippen molar-refractivity contribution in [2.45, 2.75) is 53.0 Å². The molecule has 0 bridgehead atoms. The molecule has 0 aliphatic heterocycles. The molecule has 2 atom stereocenters. The standard InChI is InChI=1S/C10H21N/c1-5-10(4)7-8(11)6-9(10,2)3/h8H,5-7,11H2,1-4H3. The summed E-state index contributed by atoms with van der Waals surface area (Å²) < 4.78 is 0. The fourth-order valence-electron chi connectivity index (χ4n) is 2.45. The highest BCUT2D eigenvalue weighted by molar-refractivity contribution is 4.99. The molecular weight excluding hydrogens is 134 g/mol. The highest BCUT2D eigenvalue weighted by Crippen LogP contribution is 2.53. The topological polar surface area (TPSA) is 26.0 Å². The molecule has 0 aromatic heterocycles. The zero-order valence-corrected chi connectivity index (χ0v) is 8.28. The zero-order valence-electron chi connectivity index (χ0n) is 8.28. The lowest BCUT2D eigenvalue weighted by Gasteiger charge is -2.37. The zero-order chi connectivity index (χ0) is 8.70. The molecule has 66 valence electrons. The number of hydrogen-bond acceptors (Lipinski definition) is 1. The molecule has 0 spiro atoms. The molecule has 1 nitrogen and oxygen atoms in total. The predicted molar refractivity (Wildman–Crippen MR) is 49.4 cm³/mol. The monoisotopic (exact) mass is 155 g/mol. The van der Waals surface area contributed by atoms with Gasteiger partial charge in [-0.15, -0.1) is 0 Å². The van der Waals surface area contributed by atoms with Crippen molar-refractivity contribution >= 4 is 0 Å². The van der Waals surface area contributed by atoms with Crippen LogP contribution in [-0.4, -0.2) is 6.04 Å². The van der Waals surface area contributed by atoms with Gasteiger partial charge >= 0.3 is 0 Å². The third-order valence-electron chi connectivity index (χ3n) is 3.90. The first-order chi connectivity index (χ1) is 4.91. The summed E-state index contributed by atoms with van der Waals surface area (Å²) in [7, 11) is 0. The smallest absolute Gasteiger partial charge is 0.00495 e. The lowest BCUT2D eigenvalue weighted by molar-refractivity contribution is 0.126. The normalized spacial score (nSPS) is 42.8. The van der Waals surface area contributed by atoms with Crippen LogP contribution < -0.4 is 5.73 Å². The van der Waals surface area contributed by atoms with Gasteiger partial charge in [-0.25, -0.2) is 0 Å². The van der Waals surface area contributed by atoms with Crippen LogP contribution in [0.25, 0.3) is 0 Å². The summed E-state index contributed by atoms with van der Waals surface area (Å²) >= 11 is 0. The molecule has 2 N–H and O–H groups in total. The molecule has 1 rings (SSSR count). The highest BCUT2D eigenvalue weighted by atomic mass is 14.7.